The summed E-state index contributed by atoms with van der Waals surface area (Å²) >= 11 is 20.3. The van der Waals surface area contributed by atoms with Gasteiger partial charge >= 0.3 is 0 Å². The molecule has 2 aromatic carbocycles. The van der Waals surface area contributed by atoms with Crippen molar-refractivity contribution in [3.8, 4) is 0 Å². The molecule has 0 unspecified atom stereocenters. The average molecular weight is 453 g/mol. The van der Waals surface area contributed by atoms with Crippen molar-refractivity contribution in [3.05, 3.63) is 35.4 Å². The van der Waals surface area contributed by atoms with Gasteiger partial charge in [-0.05, 0) is 25.0 Å². The molecular formula is C18H22N2NiS4-4. The van der Waals surface area contributed by atoms with Gasteiger partial charge in [-0.15, -0.1) is 0 Å². The quantitative estimate of drug-likeness (QED) is 0.502. The Labute approximate surface area is 184 Å². The maximum atomic E-state index is 5.09. The van der Waals surface area contributed by atoms with Crippen LogP contribution in [-0.2, 0) is 67.0 Å². The Bertz CT molecular complexity index is 657. The summed E-state index contributed by atoms with van der Waals surface area (Å²) in [5.74, 6) is 0. The summed E-state index contributed by atoms with van der Waals surface area (Å²) in [6.07, 6.45) is 0. The zero-order chi connectivity index (χ0) is 18.6. The molecule has 0 aromatic heterocycles. The van der Waals surface area contributed by atoms with Crippen molar-refractivity contribution in [2.75, 3.05) is 38.0 Å². The summed E-state index contributed by atoms with van der Waals surface area (Å²) in [6, 6.07) is 7.81. The van der Waals surface area contributed by atoms with Gasteiger partial charge in [0, 0.05) is 56.1 Å². The van der Waals surface area contributed by atoms with Gasteiger partial charge in [0.05, 0.1) is 0 Å². The van der Waals surface area contributed by atoms with Crippen molar-refractivity contribution in [1.29, 1.82) is 0 Å². The second kappa shape index (κ2) is 10.5. The molecule has 0 radical (unpaired) electrons. The summed E-state index contributed by atoms with van der Waals surface area (Å²) in [7, 11) is 8.00. The monoisotopic (exact) mass is 452 g/mol. The van der Waals surface area contributed by atoms with E-state index in [1.807, 2.05) is 76.1 Å². The fourth-order valence-corrected chi connectivity index (χ4v) is 3.08. The van der Waals surface area contributed by atoms with Gasteiger partial charge in [-0.25, -0.2) is 0 Å². The van der Waals surface area contributed by atoms with Gasteiger partial charge in [0.1, 0.15) is 0 Å². The predicted molar refractivity (Wildman–Crippen MR) is 114 cm³/mol. The molecule has 0 aliphatic rings. The average Bonchev–Trinajstić information content (AvgIpc) is 2.46. The molecule has 0 N–H and O–H groups in total. The maximum absolute atomic E-state index is 5.09. The predicted octanol–water partition coefficient (Wildman–Crippen LogP) is 3.74. The van der Waals surface area contributed by atoms with Crippen molar-refractivity contribution in [2.24, 2.45) is 0 Å². The normalized spacial score (nSPS) is 9.52. The van der Waals surface area contributed by atoms with Crippen LogP contribution in [0, 0.1) is 13.8 Å². The molecule has 0 saturated heterocycles. The second-order valence-corrected chi connectivity index (χ2v) is 7.72. The second-order valence-electron chi connectivity index (χ2n) is 5.96. The van der Waals surface area contributed by atoms with Crippen LogP contribution >= 0.6 is 0 Å². The Balaban J connectivity index is 0.000000443. The third-order valence-corrected chi connectivity index (χ3v) is 5.10. The molecule has 0 bridgehead atoms. The molecule has 0 atom stereocenters. The summed E-state index contributed by atoms with van der Waals surface area (Å²) in [4.78, 5) is 7.15. The van der Waals surface area contributed by atoms with Crippen LogP contribution in [0.15, 0.2) is 43.8 Å². The zero-order valence-corrected chi connectivity index (χ0v) is 19.4. The van der Waals surface area contributed by atoms with E-state index in [0.717, 1.165) is 31.0 Å². The molecule has 25 heavy (non-hydrogen) atoms. The third kappa shape index (κ3) is 6.91. The number of rotatable bonds is 2. The Morgan fingerprint density at radius 3 is 1.04 bits per heavy atom. The summed E-state index contributed by atoms with van der Waals surface area (Å²) in [6.45, 7) is 4.08. The van der Waals surface area contributed by atoms with Crippen LogP contribution in [0.3, 0.4) is 0 Å². The largest absolute Gasteiger partial charge is 0.781 e. The van der Waals surface area contributed by atoms with E-state index in [2.05, 4.69) is 0 Å². The Morgan fingerprint density at radius 2 is 0.800 bits per heavy atom. The first-order chi connectivity index (χ1) is 11.0. The third-order valence-electron chi connectivity index (χ3n) is 3.49. The van der Waals surface area contributed by atoms with Crippen LogP contribution in [0.5, 0.6) is 0 Å². The SMILES string of the molecule is Cc1cc([S-])c([S-])cc1N(C)C.Cc1cc([S-])c([S-])cc1N(C)C.[Ni]. The van der Waals surface area contributed by atoms with E-state index in [-0.39, 0.29) is 16.5 Å². The van der Waals surface area contributed by atoms with Crippen molar-refractivity contribution in [2.45, 2.75) is 33.4 Å². The first-order valence-electron chi connectivity index (χ1n) is 7.36. The number of benzene rings is 2. The molecule has 0 saturated carbocycles. The standard InChI is InChI=1S/2C9H13NS2.Ni/c2*1-6-4-8(11)9(12)5-7(6)10(2)3;/h2*4-5,11-12H,1-3H3;/p-4. The van der Waals surface area contributed by atoms with E-state index in [1.54, 1.807) is 0 Å². The van der Waals surface area contributed by atoms with Crippen molar-refractivity contribution in [3.63, 3.8) is 0 Å². The van der Waals surface area contributed by atoms with E-state index in [9.17, 15) is 0 Å². The van der Waals surface area contributed by atoms with Gasteiger partial charge < -0.3 is 60.3 Å². The van der Waals surface area contributed by atoms with Gasteiger partial charge in [0.25, 0.3) is 0 Å². The molecular weight excluding hydrogens is 431 g/mol. The van der Waals surface area contributed by atoms with E-state index in [0.29, 0.717) is 0 Å². The summed E-state index contributed by atoms with van der Waals surface area (Å²) in [5, 5.41) is 0. The van der Waals surface area contributed by atoms with Crippen LogP contribution in [0.25, 0.3) is 0 Å². The first kappa shape index (κ1) is 24.4. The maximum Gasteiger partial charge on any atom is 0.0374 e. The van der Waals surface area contributed by atoms with Crippen molar-refractivity contribution >= 4 is 61.9 Å². The fourth-order valence-electron chi connectivity index (χ4n) is 2.27. The summed E-state index contributed by atoms with van der Waals surface area (Å²) in [5.41, 5.74) is 4.65. The van der Waals surface area contributed by atoms with Crippen LogP contribution in [-0.4, -0.2) is 28.2 Å². The Hall–Kier alpha value is -0.586. The van der Waals surface area contributed by atoms with Crippen molar-refractivity contribution < 1.29 is 16.5 Å². The fraction of sp³-hybridized carbons (Fsp3) is 0.333. The number of hydrogen-bond donors (Lipinski definition) is 0. The number of nitrogens with zero attached hydrogens (tertiary/aromatic N) is 2. The smallest absolute Gasteiger partial charge is 0.0374 e. The molecule has 0 aliphatic heterocycles. The van der Waals surface area contributed by atoms with Crippen molar-refractivity contribution in [1.82, 2.24) is 0 Å². The van der Waals surface area contributed by atoms with Gasteiger partial charge in [-0.2, -0.15) is 19.6 Å². The van der Waals surface area contributed by atoms with Gasteiger partial charge in [0.2, 0.25) is 0 Å². The van der Waals surface area contributed by atoms with E-state index in [1.165, 1.54) is 11.1 Å². The number of anilines is 2. The van der Waals surface area contributed by atoms with Crippen LogP contribution in [0.2, 0.25) is 0 Å². The Morgan fingerprint density at radius 1 is 0.560 bits per heavy atom. The molecule has 0 heterocycles. The van der Waals surface area contributed by atoms with Gasteiger partial charge in [-0.1, -0.05) is 24.3 Å². The summed E-state index contributed by atoms with van der Waals surface area (Å²) < 4.78 is 0. The van der Waals surface area contributed by atoms with Crippen LogP contribution in [0.4, 0.5) is 11.4 Å². The first-order valence-corrected chi connectivity index (χ1v) is 8.99. The minimum absolute atomic E-state index is 0. The number of hydrogen-bond acceptors (Lipinski definition) is 6. The molecule has 2 rings (SSSR count). The van der Waals surface area contributed by atoms with Gasteiger partial charge in [-0.3, -0.25) is 0 Å². The Kier molecular flexibility index (Phi) is 10.3. The van der Waals surface area contributed by atoms with E-state index < -0.39 is 0 Å². The minimum Gasteiger partial charge on any atom is -0.781 e. The van der Waals surface area contributed by atoms with E-state index >= 15 is 0 Å². The molecule has 0 spiro atoms. The van der Waals surface area contributed by atoms with Crippen LogP contribution < -0.4 is 9.80 Å². The molecule has 0 aliphatic carbocycles. The van der Waals surface area contributed by atoms with E-state index in [4.69, 9.17) is 50.5 Å². The molecule has 0 fully saturated rings. The molecule has 2 nitrogen and oxygen atoms in total. The molecule has 7 heteroatoms. The zero-order valence-electron chi connectivity index (χ0n) is 15.2. The number of aryl methyl sites for hydroxylation is 2. The molecule has 0 amide bonds. The van der Waals surface area contributed by atoms with Gasteiger partial charge in [0.15, 0.2) is 0 Å². The van der Waals surface area contributed by atoms with Crippen LogP contribution in [0.1, 0.15) is 11.1 Å². The topological polar surface area (TPSA) is 6.48 Å². The molecule has 2 aromatic rings. The minimum atomic E-state index is 0. The molecule has 142 valence electrons.